The summed E-state index contributed by atoms with van der Waals surface area (Å²) in [7, 11) is 0. The first kappa shape index (κ1) is 24.8. The third-order valence-corrected chi connectivity index (χ3v) is 6.51. The fourth-order valence-corrected chi connectivity index (χ4v) is 4.93. The van der Waals surface area contributed by atoms with Crippen LogP contribution in [0.3, 0.4) is 0 Å². The predicted molar refractivity (Wildman–Crippen MR) is 137 cm³/mol. The molecule has 0 atom stereocenters. The zero-order valence-corrected chi connectivity index (χ0v) is 21.7. The lowest BCUT2D eigenvalue weighted by molar-refractivity contribution is -0.122. The number of carbonyl (C=O) groups is 3. The van der Waals surface area contributed by atoms with Crippen molar-refractivity contribution in [2.75, 3.05) is 4.90 Å². The Bertz CT molecular complexity index is 1320. The molecule has 9 heteroatoms. The number of barbiturate groups is 1. The van der Waals surface area contributed by atoms with Crippen molar-refractivity contribution in [1.82, 2.24) is 5.32 Å². The first-order chi connectivity index (χ1) is 16.8. The minimum absolute atomic E-state index is 0.178. The number of urea groups is 1. The van der Waals surface area contributed by atoms with Crippen molar-refractivity contribution in [3.63, 3.8) is 0 Å². The van der Waals surface area contributed by atoms with Gasteiger partial charge in [-0.05, 0) is 97.4 Å². The second-order valence-electron chi connectivity index (χ2n) is 7.71. The van der Waals surface area contributed by atoms with Gasteiger partial charge in [-0.1, -0.05) is 31.2 Å². The standard InChI is InChI=1S/C26H19Br2FN2O4/c1-2-15-5-9-19(10-6-15)31-25(33)20(24(32)30-26(31)34)11-17-12-21(27)23(22(28)13-17)35-14-16-3-7-18(29)8-4-16/h3-13H,2,14H2,1H3,(H,30,32,34)/b20-11-. The summed E-state index contributed by atoms with van der Waals surface area (Å²) in [6.07, 6.45) is 2.23. The number of aryl methyl sites for hydroxylation is 1. The lowest BCUT2D eigenvalue weighted by Crippen LogP contribution is -2.54. The lowest BCUT2D eigenvalue weighted by Gasteiger charge is -2.26. The van der Waals surface area contributed by atoms with Gasteiger partial charge in [-0.15, -0.1) is 0 Å². The van der Waals surface area contributed by atoms with Gasteiger partial charge in [0.2, 0.25) is 0 Å². The van der Waals surface area contributed by atoms with Gasteiger partial charge in [0.15, 0.2) is 0 Å². The van der Waals surface area contributed by atoms with Crippen LogP contribution in [0.25, 0.3) is 6.08 Å². The quantitative estimate of drug-likeness (QED) is 0.271. The molecule has 178 valence electrons. The molecule has 6 nitrogen and oxygen atoms in total. The summed E-state index contributed by atoms with van der Waals surface area (Å²) in [6, 6.07) is 15.6. The average molecular weight is 602 g/mol. The van der Waals surface area contributed by atoms with E-state index in [1.807, 2.05) is 19.1 Å². The maximum Gasteiger partial charge on any atom is 0.335 e. The van der Waals surface area contributed by atoms with Crippen LogP contribution in [0.4, 0.5) is 14.9 Å². The van der Waals surface area contributed by atoms with Gasteiger partial charge in [-0.2, -0.15) is 0 Å². The van der Waals surface area contributed by atoms with E-state index in [0.717, 1.165) is 22.4 Å². The predicted octanol–water partition coefficient (Wildman–Crippen LogP) is 6.16. The molecule has 1 N–H and O–H groups in total. The van der Waals surface area contributed by atoms with Crippen LogP contribution in [0.5, 0.6) is 5.75 Å². The van der Waals surface area contributed by atoms with Crippen LogP contribution < -0.4 is 15.0 Å². The van der Waals surface area contributed by atoms with Gasteiger partial charge in [0.05, 0.1) is 14.6 Å². The second-order valence-corrected chi connectivity index (χ2v) is 9.42. The van der Waals surface area contributed by atoms with E-state index in [4.69, 9.17) is 4.74 Å². The van der Waals surface area contributed by atoms with E-state index in [2.05, 4.69) is 37.2 Å². The second kappa shape index (κ2) is 10.5. The van der Waals surface area contributed by atoms with Crippen molar-refractivity contribution < 1.29 is 23.5 Å². The Kier molecular flexibility index (Phi) is 7.47. The fraction of sp³-hybridized carbons (Fsp3) is 0.115. The van der Waals surface area contributed by atoms with Crippen LogP contribution in [0, 0.1) is 5.82 Å². The number of ether oxygens (including phenoxy) is 1. The minimum atomic E-state index is -0.798. The molecule has 4 amide bonds. The molecule has 0 spiro atoms. The van der Waals surface area contributed by atoms with Gasteiger partial charge in [0, 0.05) is 0 Å². The van der Waals surface area contributed by atoms with Crippen molar-refractivity contribution in [2.45, 2.75) is 20.0 Å². The fourth-order valence-electron chi connectivity index (χ4n) is 3.48. The third kappa shape index (κ3) is 5.52. The third-order valence-electron chi connectivity index (χ3n) is 5.33. The van der Waals surface area contributed by atoms with E-state index in [1.54, 1.807) is 36.4 Å². The number of benzene rings is 3. The summed E-state index contributed by atoms with van der Waals surface area (Å²) in [5.74, 6) is -1.31. The number of carbonyl (C=O) groups excluding carboxylic acids is 3. The zero-order valence-electron chi connectivity index (χ0n) is 18.5. The van der Waals surface area contributed by atoms with Gasteiger partial charge < -0.3 is 4.74 Å². The first-order valence-electron chi connectivity index (χ1n) is 10.6. The summed E-state index contributed by atoms with van der Waals surface area (Å²) in [5, 5.41) is 2.22. The molecule has 1 heterocycles. The summed E-state index contributed by atoms with van der Waals surface area (Å²) in [5.41, 5.74) is 2.57. The molecule has 3 aromatic carbocycles. The van der Waals surface area contributed by atoms with Crippen molar-refractivity contribution in [3.8, 4) is 5.75 Å². The van der Waals surface area contributed by atoms with Crippen molar-refractivity contribution in [3.05, 3.63) is 97.7 Å². The molecule has 4 rings (SSSR count). The molecule has 0 bridgehead atoms. The van der Waals surface area contributed by atoms with E-state index < -0.39 is 17.8 Å². The summed E-state index contributed by atoms with van der Waals surface area (Å²) in [6.45, 7) is 2.22. The van der Waals surface area contributed by atoms with Crippen molar-refractivity contribution in [1.29, 1.82) is 0 Å². The lowest BCUT2D eigenvalue weighted by atomic mass is 10.1. The SMILES string of the molecule is CCc1ccc(N2C(=O)NC(=O)/C(=C/c3cc(Br)c(OCc4ccc(F)cc4)c(Br)c3)C2=O)cc1. The van der Waals surface area contributed by atoms with E-state index in [0.29, 0.717) is 25.9 Å². The highest BCUT2D eigenvalue weighted by atomic mass is 79.9. The molecule has 1 saturated heterocycles. The molecule has 1 aliphatic rings. The Morgan fingerprint density at radius 1 is 0.943 bits per heavy atom. The summed E-state index contributed by atoms with van der Waals surface area (Å²) >= 11 is 6.91. The van der Waals surface area contributed by atoms with E-state index in [9.17, 15) is 18.8 Å². The highest BCUT2D eigenvalue weighted by Gasteiger charge is 2.36. The van der Waals surface area contributed by atoms with Crippen LogP contribution in [0.2, 0.25) is 0 Å². The van der Waals surface area contributed by atoms with Gasteiger partial charge in [-0.25, -0.2) is 14.1 Å². The smallest absolute Gasteiger partial charge is 0.335 e. The number of anilines is 1. The highest BCUT2D eigenvalue weighted by Crippen LogP contribution is 2.36. The maximum absolute atomic E-state index is 13.1. The molecule has 0 aromatic heterocycles. The summed E-state index contributed by atoms with van der Waals surface area (Å²) in [4.78, 5) is 39.0. The van der Waals surface area contributed by atoms with Crippen LogP contribution in [-0.4, -0.2) is 17.8 Å². The Balaban J connectivity index is 1.59. The monoisotopic (exact) mass is 600 g/mol. The molecule has 0 unspecified atom stereocenters. The molecular formula is C26H19Br2FN2O4. The molecule has 0 saturated carbocycles. The molecule has 1 aliphatic heterocycles. The number of hydrogen-bond donors (Lipinski definition) is 1. The van der Waals surface area contributed by atoms with Crippen LogP contribution in [0.15, 0.2) is 75.2 Å². The minimum Gasteiger partial charge on any atom is -0.487 e. The number of halogens is 3. The van der Waals surface area contributed by atoms with Gasteiger partial charge >= 0.3 is 6.03 Å². The molecular weight excluding hydrogens is 583 g/mol. The van der Waals surface area contributed by atoms with E-state index in [1.165, 1.54) is 18.2 Å². The van der Waals surface area contributed by atoms with Crippen LogP contribution >= 0.6 is 31.9 Å². The van der Waals surface area contributed by atoms with Crippen LogP contribution in [0.1, 0.15) is 23.6 Å². The largest absolute Gasteiger partial charge is 0.487 e. The van der Waals surface area contributed by atoms with Gasteiger partial charge in [0.25, 0.3) is 11.8 Å². The Labute approximate surface area is 218 Å². The van der Waals surface area contributed by atoms with E-state index >= 15 is 0 Å². The number of hydrogen-bond acceptors (Lipinski definition) is 4. The Morgan fingerprint density at radius 2 is 1.54 bits per heavy atom. The van der Waals surface area contributed by atoms with Crippen LogP contribution in [-0.2, 0) is 22.6 Å². The maximum atomic E-state index is 13.1. The number of rotatable bonds is 6. The average Bonchev–Trinajstić information content (AvgIpc) is 2.82. The molecule has 3 aromatic rings. The molecule has 0 aliphatic carbocycles. The Hall–Kier alpha value is -3.30. The van der Waals surface area contributed by atoms with Gasteiger partial charge in [0.1, 0.15) is 23.7 Å². The number of nitrogens with one attached hydrogen (secondary N) is 1. The highest BCUT2D eigenvalue weighted by molar-refractivity contribution is 9.11. The Morgan fingerprint density at radius 3 is 2.14 bits per heavy atom. The van der Waals surface area contributed by atoms with Crippen molar-refractivity contribution >= 4 is 61.5 Å². The zero-order chi connectivity index (χ0) is 25.1. The molecule has 1 fully saturated rings. The normalized spacial score (nSPS) is 14.9. The number of amides is 4. The molecule has 0 radical (unpaired) electrons. The molecule has 35 heavy (non-hydrogen) atoms. The summed E-state index contributed by atoms with van der Waals surface area (Å²) < 4.78 is 20.1. The topological polar surface area (TPSA) is 75.7 Å². The van der Waals surface area contributed by atoms with E-state index in [-0.39, 0.29) is 18.0 Å². The van der Waals surface area contributed by atoms with Gasteiger partial charge in [-0.3, -0.25) is 14.9 Å². The number of imide groups is 2. The number of nitrogens with zero attached hydrogens (tertiary/aromatic N) is 1. The van der Waals surface area contributed by atoms with Crippen molar-refractivity contribution in [2.24, 2.45) is 0 Å². The first-order valence-corrected chi connectivity index (χ1v) is 12.2.